The van der Waals surface area contributed by atoms with E-state index in [0.717, 1.165) is 15.2 Å². The maximum absolute atomic E-state index is 11.8. The first kappa shape index (κ1) is 14.8. The van der Waals surface area contributed by atoms with Crippen LogP contribution in [0.4, 0.5) is 4.79 Å². The average molecular weight is 292 g/mol. The molecule has 0 saturated carbocycles. The fourth-order valence-electron chi connectivity index (χ4n) is 1.78. The van der Waals surface area contributed by atoms with E-state index in [0.29, 0.717) is 0 Å². The van der Waals surface area contributed by atoms with Gasteiger partial charge in [0.1, 0.15) is 10.6 Å². The zero-order valence-corrected chi connectivity index (χ0v) is 13.3. The molecule has 0 saturated heterocycles. The molecule has 0 unspecified atom stereocenters. The minimum Gasteiger partial charge on any atom is -0.444 e. The number of amides is 1. The summed E-state index contributed by atoms with van der Waals surface area (Å²) in [6.07, 6.45) is -0.416. The van der Waals surface area contributed by atoms with E-state index in [9.17, 15) is 4.79 Å². The van der Waals surface area contributed by atoms with Gasteiger partial charge in [0.25, 0.3) is 0 Å². The lowest BCUT2D eigenvalue weighted by Gasteiger charge is -2.21. The molecule has 0 aliphatic heterocycles. The lowest BCUT2D eigenvalue weighted by atomic mass is 10.2. The molecule has 0 aliphatic carbocycles. The van der Waals surface area contributed by atoms with Crippen LogP contribution in [-0.4, -0.2) is 16.7 Å². The number of thiazole rings is 1. The van der Waals surface area contributed by atoms with Gasteiger partial charge in [0.05, 0.1) is 16.3 Å². The lowest BCUT2D eigenvalue weighted by Crippen LogP contribution is -2.33. The van der Waals surface area contributed by atoms with Gasteiger partial charge in [-0.2, -0.15) is 0 Å². The molecule has 0 aliphatic rings. The summed E-state index contributed by atoms with van der Waals surface area (Å²) in [4.78, 5) is 16.3. The van der Waals surface area contributed by atoms with Gasteiger partial charge in [-0.25, -0.2) is 9.78 Å². The largest absolute Gasteiger partial charge is 0.444 e. The molecule has 1 heterocycles. The number of ether oxygens (including phenoxy) is 1. The fraction of sp³-hybridized carbons (Fsp3) is 0.467. The Balaban J connectivity index is 2.11. The smallest absolute Gasteiger partial charge is 0.408 e. The van der Waals surface area contributed by atoms with E-state index in [1.807, 2.05) is 39.8 Å². The summed E-state index contributed by atoms with van der Waals surface area (Å²) in [5.74, 6) is 0. The number of benzene rings is 1. The van der Waals surface area contributed by atoms with Crippen molar-refractivity contribution in [2.45, 2.75) is 46.3 Å². The number of hydrogen-bond donors (Lipinski definition) is 1. The Kier molecular flexibility index (Phi) is 3.99. The zero-order chi connectivity index (χ0) is 14.9. The fourth-order valence-corrected chi connectivity index (χ4v) is 2.85. The highest BCUT2D eigenvalue weighted by molar-refractivity contribution is 7.18. The van der Waals surface area contributed by atoms with E-state index >= 15 is 0 Å². The monoisotopic (exact) mass is 292 g/mol. The van der Waals surface area contributed by atoms with Gasteiger partial charge in [-0.1, -0.05) is 6.07 Å². The van der Waals surface area contributed by atoms with Gasteiger partial charge < -0.3 is 10.1 Å². The Morgan fingerprint density at radius 2 is 2.10 bits per heavy atom. The van der Waals surface area contributed by atoms with Gasteiger partial charge in [0.15, 0.2) is 0 Å². The molecule has 1 amide bonds. The second kappa shape index (κ2) is 5.40. The number of fused-ring (bicyclic) bond motifs is 1. The SMILES string of the molecule is Cc1ccc2nc([C@@H](C)NC(=O)OC(C)(C)C)sc2c1. The van der Waals surface area contributed by atoms with E-state index < -0.39 is 11.7 Å². The molecule has 1 N–H and O–H groups in total. The Morgan fingerprint density at radius 1 is 1.40 bits per heavy atom. The van der Waals surface area contributed by atoms with Gasteiger partial charge in [-0.05, 0) is 52.3 Å². The van der Waals surface area contributed by atoms with E-state index in [2.05, 4.69) is 23.3 Å². The van der Waals surface area contributed by atoms with Gasteiger partial charge in [-0.15, -0.1) is 11.3 Å². The summed E-state index contributed by atoms with van der Waals surface area (Å²) in [5, 5.41) is 3.70. The van der Waals surface area contributed by atoms with Crippen molar-refractivity contribution < 1.29 is 9.53 Å². The first-order valence-corrected chi connectivity index (χ1v) is 7.43. The van der Waals surface area contributed by atoms with E-state index in [1.54, 1.807) is 11.3 Å². The molecule has 2 aromatic rings. The van der Waals surface area contributed by atoms with E-state index in [-0.39, 0.29) is 6.04 Å². The van der Waals surface area contributed by atoms with Crippen LogP contribution in [0.5, 0.6) is 0 Å². The van der Waals surface area contributed by atoms with Crippen LogP contribution in [0.2, 0.25) is 0 Å². The van der Waals surface area contributed by atoms with Crippen LogP contribution in [0.1, 0.15) is 44.3 Å². The first-order valence-electron chi connectivity index (χ1n) is 6.61. The lowest BCUT2D eigenvalue weighted by molar-refractivity contribution is 0.0508. The molecule has 20 heavy (non-hydrogen) atoms. The van der Waals surface area contributed by atoms with Crippen LogP contribution >= 0.6 is 11.3 Å². The van der Waals surface area contributed by atoms with Gasteiger partial charge in [0, 0.05) is 0 Å². The first-order chi connectivity index (χ1) is 9.24. The summed E-state index contributed by atoms with van der Waals surface area (Å²) < 4.78 is 6.39. The van der Waals surface area contributed by atoms with Crippen LogP contribution in [0.15, 0.2) is 18.2 Å². The normalized spacial score (nSPS) is 13.2. The molecule has 108 valence electrons. The minimum atomic E-state index is -0.492. The molecule has 5 heteroatoms. The second-order valence-electron chi connectivity index (χ2n) is 5.89. The third kappa shape index (κ3) is 3.70. The minimum absolute atomic E-state index is 0.164. The van der Waals surface area contributed by atoms with Crippen molar-refractivity contribution in [3.05, 3.63) is 28.8 Å². The molecule has 2 rings (SSSR count). The highest BCUT2D eigenvalue weighted by atomic mass is 32.1. The summed E-state index contributed by atoms with van der Waals surface area (Å²) in [7, 11) is 0. The Hall–Kier alpha value is -1.62. The Bertz CT molecular complexity index is 628. The summed E-state index contributed by atoms with van der Waals surface area (Å²) in [6, 6.07) is 5.99. The average Bonchev–Trinajstić information content (AvgIpc) is 2.68. The molecule has 1 aromatic heterocycles. The predicted octanol–water partition coefficient (Wildman–Crippen LogP) is 4.19. The standard InChI is InChI=1S/C15H20N2O2S/c1-9-6-7-11-12(8-9)20-13(17-11)10(2)16-14(18)19-15(3,4)5/h6-8,10H,1-5H3,(H,16,18)/t10-/m1/s1. The number of aromatic nitrogens is 1. The Morgan fingerprint density at radius 3 is 2.75 bits per heavy atom. The van der Waals surface area contributed by atoms with Gasteiger partial charge >= 0.3 is 6.09 Å². The molecular formula is C15H20N2O2S. The van der Waals surface area contributed by atoms with Crippen LogP contribution < -0.4 is 5.32 Å². The van der Waals surface area contributed by atoms with Crippen molar-refractivity contribution in [3.8, 4) is 0 Å². The number of alkyl carbamates (subject to hydrolysis) is 1. The van der Waals surface area contributed by atoms with Crippen molar-refractivity contribution in [1.82, 2.24) is 10.3 Å². The molecule has 4 nitrogen and oxygen atoms in total. The van der Waals surface area contributed by atoms with Crippen LogP contribution in [0.3, 0.4) is 0 Å². The van der Waals surface area contributed by atoms with Crippen molar-refractivity contribution in [1.29, 1.82) is 0 Å². The summed E-state index contributed by atoms with van der Waals surface area (Å²) >= 11 is 1.60. The third-order valence-electron chi connectivity index (χ3n) is 2.66. The summed E-state index contributed by atoms with van der Waals surface area (Å²) in [6.45, 7) is 9.50. The zero-order valence-electron chi connectivity index (χ0n) is 12.5. The molecule has 0 spiro atoms. The second-order valence-corrected chi connectivity index (χ2v) is 6.95. The van der Waals surface area contributed by atoms with E-state index in [1.165, 1.54) is 5.56 Å². The van der Waals surface area contributed by atoms with Crippen molar-refractivity contribution in [2.24, 2.45) is 0 Å². The predicted molar refractivity (Wildman–Crippen MR) is 82.1 cm³/mol. The Labute approximate surface area is 123 Å². The quantitative estimate of drug-likeness (QED) is 0.903. The number of nitrogens with zero attached hydrogens (tertiary/aromatic N) is 1. The van der Waals surface area contributed by atoms with Crippen molar-refractivity contribution in [2.75, 3.05) is 0 Å². The number of nitrogens with one attached hydrogen (secondary N) is 1. The number of rotatable bonds is 2. The van der Waals surface area contributed by atoms with Gasteiger partial charge in [-0.3, -0.25) is 0 Å². The third-order valence-corrected chi connectivity index (χ3v) is 3.87. The maximum atomic E-state index is 11.8. The molecule has 1 aromatic carbocycles. The highest BCUT2D eigenvalue weighted by Gasteiger charge is 2.19. The van der Waals surface area contributed by atoms with E-state index in [4.69, 9.17) is 4.74 Å². The number of aryl methyl sites for hydroxylation is 1. The molecule has 1 atom stereocenters. The topological polar surface area (TPSA) is 51.2 Å². The molecule has 0 radical (unpaired) electrons. The number of carbonyl (C=O) groups excluding carboxylic acids is 1. The molecular weight excluding hydrogens is 272 g/mol. The number of carbonyl (C=O) groups is 1. The van der Waals surface area contributed by atoms with Gasteiger partial charge in [0.2, 0.25) is 0 Å². The maximum Gasteiger partial charge on any atom is 0.408 e. The summed E-state index contributed by atoms with van der Waals surface area (Å²) in [5.41, 5.74) is 1.68. The van der Waals surface area contributed by atoms with Crippen molar-refractivity contribution >= 4 is 27.6 Å². The van der Waals surface area contributed by atoms with Crippen LogP contribution in [-0.2, 0) is 4.74 Å². The van der Waals surface area contributed by atoms with Crippen LogP contribution in [0.25, 0.3) is 10.2 Å². The molecule has 0 fully saturated rings. The molecule has 0 bridgehead atoms. The highest BCUT2D eigenvalue weighted by Crippen LogP contribution is 2.27. The van der Waals surface area contributed by atoms with Crippen LogP contribution in [0, 0.1) is 6.92 Å². The van der Waals surface area contributed by atoms with Crippen molar-refractivity contribution in [3.63, 3.8) is 0 Å². The number of hydrogen-bond acceptors (Lipinski definition) is 4.